The second-order valence-corrected chi connectivity index (χ2v) is 8.11. The smallest absolute Gasteiger partial charge is 0.0233 e. The lowest BCUT2D eigenvalue weighted by atomic mass is 9.89. The van der Waals surface area contributed by atoms with Crippen LogP contribution in [0.15, 0.2) is 18.2 Å². The van der Waals surface area contributed by atoms with Crippen LogP contribution in [0.3, 0.4) is 0 Å². The number of hydrogen-bond acceptors (Lipinski definition) is 3. The van der Waals surface area contributed by atoms with Gasteiger partial charge in [-0.3, -0.25) is 9.80 Å². The van der Waals surface area contributed by atoms with Crippen molar-refractivity contribution in [3.05, 3.63) is 34.9 Å². The molecule has 0 aromatic heterocycles. The molecule has 0 unspecified atom stereocenters. The molecule has 0 N–H and O–H groups in total. The first-order valence-corrected chi connectivity index (χ1v) is 9.74. The standard InChI is InChI=1S/C21H35N3/c1-17-5-6-20(15-18(17)2)16-23-9-7-21(8-10-23)19(3)24-13-11-22(4)12-14-24/h5-6,15,19,21H,7-14,16H2,1-4H3/t19-/m0/s1. The molecule has 0 bridgehead atoms. The number of likely N-dealkylation sites (N-methyl/N-ethyl adjacent to an activating group) is 1. The quantitative estimate of drug-likeness (QED) is 0.840. The number of piperazine rings is 1. The highest BCUT2D eigenvalue weighted by Crippen LogP contribution is 2.26. The second kappa shape index (κ2) is 7.99. The molecule has 2 aliphatic rings. The largest absolute Gasteiger partial charge is 0.304 e. The van der Waals surface area contributed by atoms with Crippen LogP contribution in [0, 0.1) is 19.8 Å². The van der Waals surface area contributed by atoms with Crippen LogP contribution in [0.2, 0.25) is 0 Å². The number of benzene rings is 1. The Bertz CT molecular complexity index is 526. The van der Waals surface area contributed by atoms with Crippen molar-refractivity contribution < 1.29 is 0 Å². The molecule has 3 rings (SSSR count). The maximum absolute atomic E-state index is 2.73. The average molecular weight is 330 g/mol. The SMILES string of the molecule is Cc1ccc(CN2CCC([C@H](C)N3CCN(C)CC3)CC2)cc1C. The predicted molar refractivity (Wildman–Crippen MR) is 102 cm³/mol. The van der Waals surface area contributed by atoms with Gasteiger partial charge < -0.3 is 4.90 Å². The monoisotopic (exact) mass is 329 g/mol. The van der Waals surface area contributed by atoms with Crippen molar-refractivity contribution in [2.45, 2.75) is 46.2 Å². The van der Waals surface area contributed by atoms with Crippen LogP contribution >= 0.6 is 0 Å². The lowest BCUT2D eigenvalue weighted by molar-refractivity contribution is 0.0598. The highest BCUT2D eigenvalue weighted by molar-refractivity contribution is 5.29. The Morgan fingerprint density at radius 1 is 0.958 bits per heavy atom. The van der Waals surface area contributed by atoms with Crippen LogP contribution in [-0.4, -0.2) is 67.1 Å². The maximum atomic E-state index is 2.73. The molecule has 134 valence electrons. The van der Waals surface area contributed by atoms with E-state index in [2.05, 4.69) is 60.7 Å². The van der Waals surface area contributed by atoms with E-state index < -0.39 is 0 Å². The topological polar surface area (TPSA) is 9.72 Å². The van der Waals surface area contributed by atoms with Crippen molar-refractivity contribution in [1.82, 2.24) is 14.7 Å². The van der Waals surface area contributed by atoms with Gasteiger partial charge in [0.25, 0.3) is 0 Å². The number of piperidine rings is 1. The minimum Gasteiger partial charge on any atom is -0.304 e. The van der Waals surface area contributed by atoms with Crippen LogP contribution in [-0.2, 0) is 6.54 Å². The Balaban J connectivity index is 1.47. The molecule has 1 atom stereocenters. The van der Waals surface area contributed by atoms with Crippen molar-refractivity contribution in [2.75, 3.05) is 46.3 Å². The molecule has 2 heterocycles. The van der Waals surface area contributed by atoms with Gasteiger partial charge in [0, 0.05) is 38.8 Å². The first-order valence-electron chi connectivity index (χ1n) is 9.74. The van der Waals surface area contributed by atoms with Gasteiger partial charge >= 0.3 is 0 Å². The summed E-state index contributed by atoms with van der Waals surface area (Å²) in [5.74, 6) is 0.879. The summed E-state index contributed by atoms with van der Waals surface area (Å²) in [6.07, 6.45) is 2.72. The Labute approximate surface area is 148 Å². The highest BCUT2D eigenvalue weighted by atomic mass is 15.3. The normalized spacial score (nSPS) is 23.5. The van der Waals surface area contributed by atoms with Crippen molar-refractivity contribution in [3.8, 4) is 0 Å². The van der Waals surface area contributed by atoms with Gasteiger partial charge in [0.2, 0.25) is 0 Å². The van der Waals surface area contributed by atoms with E-state index in [4.69, 9.17) is 0 Å². The van der Waals surface area contributed by atoms with Crippen molar-refractivity contribution in [2.24, 2.45) is 5.92 Å². The van der Waals surface area contributed by atoms with Crippen LogP contribution in [0.5, 0.6) is 0 Å². The molecule has 1 aromatic rings. The lowest BCUT2D eigenvalue weighted by Gasteiger charge is -2.42. The van der Waals surface area contributed by atoms with Gasteiger partial charge in [0.15, 0.2) is 0 Å². The van der Waals surface area contributed by atoms with Crippen molar-refractivity contribution >= 4 is 0 Å². The van der Waals surface area contributed by atoms with E-state index in [0.29, 0.717) is 0 Å². The predicted octanol–water partition coefficient (Wildman–Crippen LogP) is 3.15. The fourth-order valence-corrected chi connectivity index (χ4v) is 4.28. The number of hydrogen-bond donors (Lipinski definition) is 0. The van der Waals surface area contributed by atoms with Gasteiger partial charge in [-0.1, -0.05) is 18.2 Å². The van der Waals surface area contributed by atoms with E-state index in [-0.39, 0.29) is 0 Å². The number of rotatable bonds is 4. The first-order chi connectivity index (χ1) is 11.5. The summed E-state index contributed by atoms with van der Waals surface area (Å²) < 4.78 is 0. The zero-order chi connectivity index (χ0) is 17.1. The molecule has 24 heavy (non-hydrogen) atoms. The Hall–Kier alpha value is -0.900. The van der Waals surface area contributed by atoms with E-state index in [1.54, 1.807) is 0 Å². The van der Waals surface area contributed by atoms with Gasteiger partial charge in [-0.25, -0.2) is 0 Å². The van der Waals surface area contributed by atoms with E-state index in [1.165, 1.54) is 68.8 Å². The molecule has 0 saturated carbocycles. The van der Waals surface area contributed by atoms with Crippen molar-refractivity contribution in [3.63, 3.8) is 0 Å². The summed E-state index contributed by atoms with van der Waals surface area (Å²) in [6, 6.07) is 7.70. The first kappa shape index (κ1) is 17.9. The third-order valence-electron chi connectivity index (χ3n) is 6.41. The van der Waals surface area contributed by atoms with Crippen molar-refractivity contribution in [1.29, 1.82) is 0 Å². The molecule has 0 amide bonds. The maximum Gasteiger partial charge on any atom is 0.0233 e. The minimum atomic E-state index is 0.752. The fraction of sp³-hybridized carbons (Fsp3) is 0.714. The third-order valence-corrected chi connectivity index (χ3v) is 6.41. The third kappa shape index (κ3) is 4.38. The number of likely N-dealkylation sites (tertiary alicyclic amines) is 1. The van der Waals surface area contributed by atoms with Gasteiger partial charge in [-0.2, -0.15) is 0 Å². The van der Waals surface area contributed by atoms with Crippen LogP contribution in [0.4, 0.5) is 0 Å². The molecule has 0 radical (unpaired) electrons. The molecule has 3 nitrogen and oxygen atoms in total. The molecule has 0 spiro atoms. The number of nitrogens with zero attached hydrogens (tertiary/aromatic N) is 3. The molecular weight excluding hydrogens is 294 g/mol. The summed E-state index contributed by atoms with van der Waals surface area (Å²) in [5, 5.41) is 0. The molecule has 2 saturated heterocycles. The Morgan fingerprint density at radius 3 is 2.25 bits per heavy atom. The summed E-state index contributed by atoms with van der Waals surface area (Å²) >= 11 is 0. The molecule has 3 heteroatoms. The Morgan fingerprint density at radius 2 is 1.62 bits per heavy atom. The van der Waals surface area contributed by atoms with Crippen LogP contribution in [0.25, 0.3) is 0 Å². The van der Waals surface area contributed by atoms with Gasteiger partial charge in [-0.05, 0) is 76.4 Å². The average Bonchev–Trinajstić information content (AvgIpc) is 2.59. The molecule has 2 aliphatic heterocycles. The van der Waals surface area contributed by atoms with E-state index in [1.807, 2.05) is 0 Å². The lowest BCUT2D eigenvalue weighted by Crippen LogP contribution is -2.51. The van der Waals surface area contributed by atoms with E-state index in [9.17, 15) is 0 Å². The minimum absolute atomic E-state index is 0.752. The van der Waals surface area contributed by atoms with Crippen LogP contribution < -0.4 is 0 Å². The number of aryl methyl sites for hydroxylation is 2. The zero-order valence-electron chi connectivity index (χ0n) is 16.1. The second-order valence-electron chi connectivity index (χ2n) is 8.11. The van der Waals surface area contributed by atoms with E-state index in [0.717, 1.165) is 18.5 Å². The molecule has 2 fully saturated rings. The summed E-state index contributed by atoms with van der Waals surface area (Å²) in [5.41, 5.74) is 4.30. The van der Waals surface area contributed by atoms with Crippen LogP contribution in [0.1, 0.15) is 36.5 Å². The molecule has 0 aliphatic carbocycles. The zero-order valence-corrected chi connectivity index (χ0v) is 16.1. The van der Waals surface area contributed by atoms with Gasteiger partial charge in [0.05, 0.1) is 0 Å². The van der Waals surface area contributed by atoms with Gasteiger partial charge in [-0.15, -0.1) is 0 Å². The summed E-state index contributed by atoms with van der Waals surface area (Å²) in [7, 11) is 2.24. The fourth-order valence-electron chi connectivity index (χ4n) is 4.28. The summed E-state index contributed by atoms with van der Waals surface area (Å²) in [4.78, 5) is 7.83. The molecule has 1 aromatic carbocycles. The molecular formula is C21H35N3. The van der Waals surface area contributed by atoms with Gasteiger partial charge in [0.1, 0.15) is 0 Å². The summed E-state index contributed by atoms with van der Waals surface area (Å²) in [6.45, 7) is 15.5. The Kier molecular flexibility index (Phi) is 5.96. The van der Waals surface area contributed by atoms with E-state index >= 15 is 0 Å². The highest BCUT2D eigenvalue weighted by Gasteiger charge is 2.29.